The zero-order chi connectivity index (χ0) is 18.1. The van der Waals surface area contributed by atoms with E-state index in [0.29, 0.717) is 0 Å². The smallest absolute Gasteiger partial charge is 0.270 e. The Morgan fingerprint density at radius 1 is 1.32 bits per heavy atom. The van der Waals surface area contributed by atoms with Crippen LogP contribution in [0.4, 0.5) is 5.69 Å². The fourth-order valence-electron chi connectivity index (χ4n) is 2.53. The number of nitrogens with zero attached hydrogens (tertiary/aromatic N) is 3. The van der Waals surface area contributed by atoms with E-state index >= 15 is 0 Å². The van der Waals surface area contributed by atoms with Crippen molar-refractivity contribution < 1.29 is 14.5 Å². The third-order valence-electron chi connectivity index (χ3n) is 3.81. The molecule has 0 N–H and O–H groups in total. The maximum Gasteiger partial charge on any atom is 0.270 e. The summed E-state index contributed by atoms with van der Waals surface area (Å²) in [4.78, 5) is 22.4. The van der Waals surface area contributed by atoms with Crippen molar-refractivity contribution in [1.29, 1.82) is 0 Å². The van der Waals surface area contributed by atoms with Gasteiger partial charge in [-0.15, -0.1) is 5.10 Å². The molecule has 1 aliphatic heterocycles. The zero-order valence-electron chi connectivity index (χ0n) is 13.5. The van der Waals surface area contributed by atoms with Crippen molar-refractivity contribution in [3.63, 3.8) is 0 Å². The fraction of sp³-hybridized carbons (Fsp3) is 0.176. The minimum absolute atomic E-state index is 0.0668. The highest BCUT2D eigenvalue weighted by Gasteiger charge is 2.35. The summed E-state index contributed by atoms with van der Waals surface area (Å²) in [7, 11) is 0. The molecule has 1 heterocycles. The minimum Gasteiger partial charge on any atom is -0.446 e. The van der Waals surface area contributed by atoms with Crippen LogP contribution in [-0.4, -0.2) is 21.7 Å². The predicted molar refractivity (Wildman–Crippen MR) is 92.2 cm³/mol. The van der Waals surface area contributed by atoms with Crippen LogP contribution in [0.2, 0.25) is 5.02 Å². The first-order chi connectivity index (χ1) is 11.9. The van der Waals surface area contributed by atoms with E-state index in [9.17, 15) is 14.9 Å². The number of nitro benzene ring substituents is 1. The lowest BCUT2D eigenvalue weighted by Gasteiger charge is -2.20. The Labute approximate surface area is 148 Å². The molecule has 2 aromatic carbocycles. The van der Waals surface area contributed by atoms with Gasteiger partial charge in [-0.2, -0.15) is 5.01 Å². The molecule has 0 spiro atoms. The van der Waals surface area contributed by atoms with Gasteiger partial charge in [0.2, 0.25) is 18.0 Å². The van der Waals surface area contributed by atoms with Crippen molar-refractivity contribution in [2.75, 3.05) is 0 Å². The van der Waals surface area contributed by atoms with Crippen molar-refractivity contribution in [2.45, 2.75) is 20.1 Å². The zero-order valence-corrected chi connectivity index (χ0v) is 14.2. The van der Waals surface area contributed by atoms with E-state index < -0.39 is 11.2 Å². The first kappa shape index (κ1) is 16.9. The molecular weight excluding hydrogens is 346 g/mol. The summed E-state index contributed by atoms with van der Waals surface area (Å²) in [5.74, 6) is -0.248. The SMILES string of the molecule is CC(=O)N1N=C(c2cc([N+](=O)[O-])ccc2Cl)OC1c1ccccc1C. The topological polar surface area (TPSA) is 85.0 Å². The van der Waals surface area contributed by atoms with Crippen LogP contribution in [0.15, 0.2) is 47.6 Å². The molecule has 0 saturated heterocycles. The van der Waals surface area contributed by atoms with Gasteiger partial charge in [0.05, 0.1) is 15.5 Å². The van der Waals surface area contributed by atoms with Crippen molar-refractivity contribution in [2.24, 2.45) is 5.10 Å². The molecular formula is C17H14ClN3O4. The van der Waals surface area contributed by atoms with Gasteiger partial charge in [0, 0.05) is 24.6 Å². The highest BCUT2D eigenvalue weighted by atomic mass is 35.5. The third kappa shape index (κ3) is 3.18. The average Bonchev–Trinajstić information content (AvgIpc) is 3.00. The number of aryl methyl sites for hydroxylation is 1. The van der Waals surface area contributed by atoms with Gasteiger partial charge in [0.15, 0.2) is 0 Å². The third-order valence-corrected chi connectivity index (χ3v) is 4.14. The molecule has 0 aliphatic carbocycles. The lowest BCUT2D eigenvalue weighted by atomic mass is 10.1. The quantitative estimate of drug-likeness (QED) is 0.616. The summed E-state index contributed by atoms with van der Waals surface area (Å²) >= 11 is 6.15. The molecule has 0 bridgehead atoms. The summed E-state index contributed by atoms with van der Waals surface area (Å²) in [5, 5.41) is 16.6. The Kier molecular flexibility index (Phi) is 4.41. The molecule has 7 nitrogen and oxygen atoms in total. The van der Waals surface area contributed by atoms with Gasteiger partial charge in [0.25, 0.3) is 5.69 Å². The second-order valence-electron chi connectivity index (χ2n) is 5.52. The van der Waals surface area contributed by atoms with E-state index in [2.05, 4.69) is 5.10 Å². The number of nitro groups is 1. The van der Waals surface area contributed by atoms with Crippen molar-refractivity contribution in [1.82, 2.24) is 5.01 Å². The fourth-order valence-corrected chi connectivity index (χ4v) is 2.73. The standard InChI is InChI=1S/C17H14ClN3O4/c1-10-5-3-4-6-13(10)17-20(11(2)22)19-16(25-17)14-9-12(21(23)24)7-8-15(14)18/h3-9,17H,1-2H3. The summed E-state index contributed by atoms with van der Waals surface area (Å²) in [5.41, 5.74) is 1.83. The second kappa shape index (κ2) is 6.52. The molecule has 8 heteroatoms. The molecule has 3 rings (SSSR count). The number of hydrogen-bond acceptors (Lipinski definition) is 5. The van der Waals surface area contributed by atoms with Gasteiger partial charge in [-0.05, 0) is 18.6 Å². The number of amides is 1. The molecule has 25 heavy (non-hydrogen) atoms. The maximum atomic E-state index is 12.0. The van der Waals surface area contributed by atoms with Gasteiger partial charge < -0.3 is 4.74 Å². The van der Waals surface area contributed by atoms with Crippen LogP contribution in [0.1, 0.15) is 29.8 Å². The molecule has 0 radical (unpaired) electrons. The monoisotopic (exact) mass is 359 g/mol. The van der Waals surface area contributed by atoms with Crippen LogP contribution >= 0.6 is 11.6 Å². The number of hydrazone groups is 1. The summed E-state index contributed by atoms with van der Waals surface area (Å²) in [6.07, 6.45) is -0.746. The van der Waals surface area contributed by atoms with Crippen molar-refractivity contribution in [3.8, 4) is 0 Å². The largest absolute Gasteiger partial charge is 0.446 e. The normalized spacial score (nSPS) is 16.4. The van der Waals surface area contributed by atoms with E-state index in [1.54, 1.807) is 0 Å². The van der Waals surface area contributed by atoms with Crippen molar-refractivity contribution in [3.05, 3.63) is 74.3 Å². The summed E-state index contributed by atoms with van der Waals surface area (Å²) in [6.45, 7) is 3.27. The Morgan fingerprint density at radius 2 is 2.04 bits per heavy atom. The van der Waals surface area contributed by atoms with E-state index in [1.807, 2.05) is 31.2 Å². The Bertz CT molecular complexity index is 897. The molecule has 1 amide bonds. The highest BCUT2D eigenvalue weighted by molar-refractivity contribution is 6.34. The Hall–Kier alpha value is -2.93. The minimum atomic E-state index is -0.746. The predicted octanol–water partition coefficient (Wildman–Crippen LogP) is 3.80. The second-order valence-corrected chi connectivity index (χ2v) is 5.92. The first-order valence-corrected chi connectivity index (χ1v) is 7.81. The molecule has 0 saturated carbocycles. The lowest BCUT2D eigenvalue weighted by molar-refractivity contribution is -0.384. The van der Waals surface area contributed by atoms with Crippen LogP contribution in [0.5, 0.6) is 0 Å². The number of halogens is 1. The number of benzene rings is 2. The van der Waals surface area contributed by atoms with Crippen molar-refractivity contribution >= 4 is 29.1 Å². The van der Waals surface area contributed by atoms with Crippen LogP contribution in [0.25, 0.3) is 0 Å². The summed E-state index contributed by atoms with van der Waals surface area (Å²) in [6, 6.07) is 11.4. The molecule has 0 fully saturated rings. The van der Waals surface area contributed by atoms with Crippen LogP contribution in [0.3, 0.4) is 0 Å². The molecule has 0 aromatic heterocycles. The van der Waals surface area contributed by atoms with Gasteiger partial charge >= 0.3 is 0 Å². The number of ether oxygens (including phenoxy) is 1. The van der Waals surface area contributed by atoms with Crippen LogP contribution < -0.4 is 0 Å². The number of rotatable bonds is 3. The maximum absolute atomic E-state index is 12.0. The summed E-state index contributed by atoms with van der Waals surface area (Å²) < 4.78 is 5.85. The van der Waals surface area contributed by atoms with Gasteiger partial charge in [0.1, 0.15) is 0 Å². The van der Waals surface area contributed by atoms with E-state index in [0.717, 1.165) is 11.1 Å². The van der Waals surface area contributed by atoms with Gasteiger partial charge in [-0.25, -0.2) is 0 Å². The number of carbonyl (C=O) groups is 1. The molecule has 1 aliphatic rings. The van der Waals surface area contributed by atoms with Crippen LogP contribution in [0, 0.1) is 17.0 Å². The Balaban J connectivity index is 2.04. The van der Waals surface area contributed by atoms with E-state index in [4.69, 9.17) is 16.3 Å². The van der Waals surface area contributed by atoms with E-state index in [-0.39, 0.29) is 28.1 Å². The lowest BCUT2D eigenvalue weighted by Crippen LogP contribution is -2.25. The van der Waals surface area contributed by atoms with Gasteiger partial charge in [-0.3, -0.25) is 14.9 Å². The molecule has 1 unspecified atom stereocenters. The number of hydrogen-bond donors (Lipinski definition) is 0. The first-order valence-electron chi connectivity index (χ1n) is 7.43. The molecule has 2 aromatic rings. The number of carbonyl (C=O) groups excluding carboxylic acids is 1. The van der Waals surface area contributed by atoms with E-state index in [1.165, 1.54) is 30.1 Å². The van der Waals surface area contributed by atoms with Crippen LogP contribution in [-0.2, 0) is 9.53 Å². The average molecular weight is 360 g/mol. The molecule has 128 valence electrons. The Morgan fingerprint density at radius 3 is 2.68 bits per heavy atom. The number of non-ortho nitro benzene ring substituents is 1. The molecule has 1 atom stereocenters. The highest BCUT2D eigenvalue weighted by Crippen LogP contribution is 2.34. The van der Waals surface area contributed by atoms with Gasteiger partial charge in [-0.1, -0.05) is 35.9 Å².